The Morgan fingerprint density at radius 1 is 0.980 bits per heavy atom. The van der Waals surface area contributed by atoms with Gasteiger partial charge in [0.1, 0.15) is 13.2 Å². The summed E-state index contributed by atoms with van der Waals surface area (Å²) in [5, 5.41) is 35.1. The molecule has 0 aliphatic rings. The number of nitrogens with one attached hydrogen (secondary N) is 2. The van der Waals surface area contributed by atoms with E-state index in [1.54, 1.807) is 30.3 Å². The molecule has 4 rings (SSSR count). The van der Waals surface area contributed by atoms with Gasteiger partial charge in [-0.2, -0.15) is 13.2 Å². The zero-order valence-electron chi connectivity index (χ0n) is 26.7. The molecule has 4 aromatic rings. The molecule has 2 aromatic carbocycles. The van der Waals surface area contributed by atoms with E-state index in [-0.39, 0.29) is 53.8 Å². The van der Waals surface area contributed by atoms with E-state index in [2.05, 4.69) is 20.6 Å². The molecule has 5 N–H and O–H groups in total. The average molecular weight is 685 g/mol. The number of alkyl halides is 3. The predicted octanol–water partition coefficient (Wildman–Crippen LogP) is 4.57. The van der Waals surface area contributed by atoms with Crippen molar-refractivity contribution in [2.24, 2.45) is 0 Å². The predicted molar refractivity (Wildman–Crippen MR) is 170 cm³/mol. The Morgan fingerprint density at radius 3 is 2.33 bits per heavy atom. The van der Waals surface area contributed by atoms with Crippen LogP contribution in [0.2, 0.25) is 0 Å². The van der Waals surface area contributed by atoms with Gasteiger partial charge in [0.05, 0.1) is 37.2 Å². The van der Waals surface area contributed by atoms with Crippen molar-refractivity contribution >= 4 is 12.0 Å². The van der Waals surface area contributed by atoms with Crippen LogP contribution in [0.15, 0.2) is 79.0 Å². The SMILES string of the molecule is COc1ccc(-c2cc(C(C)(C)NC(=O)OCc3ccccc3)cc(C(O)(CNC(=O)c3ccc(OCCO)c(O)c3)C(F)(F)F)n2)cn1. The zero-order valence-corrected chi connectivity index (χ0v) is 26.7. The van der Waals surface area contributed by atoms with Gasteiger partial charge >= 0.3 is 12.3 Å². The number of halogens is 3. The average Bonchev–Trinajstić information content (AvgIpc) is 3.08. The van der Waals surface area contributed by atoms with Crippen LogP contribution in [0.25, 0.3) is 11.3 Å². The lowest BCUT2D eigenvalue weighted by atomic mass is 9.89. The van der Waals surface area contributed by atoms with Crippen molar-refractivity contribution in [2.75, 3.05) is 26.9 Å². The molecule has 0 bridgehead atoms. The number of ether oxygens (including phenoxy) is 3. The van der Waals surface area contributed by atoms with Gasteiger partial charge in [-0.05, 0) is 61.4 Å². The van der Waals surface area contributed by atoms with E-state index in [1.807, 2.05) is 0 Å². The van der Waals surface area contributed by atoms with E-state index in [1.165, 1.54) is 57.5 Å². The number of phenolic OH excluding ortho intramolecular Hbond substituents is 1. The van der Waals surface area contributed by atoms with Crippen molar-refractivity contribution < 1.29 is 52.3 Å². The van der Waals surface area contributed by atoms with Gasteiger partial charge in [-0.15, -0.1) is 0 Å². The molecule has 0 aliphatic heterocycles. The van der Waals surface area contributed by atoms with Crippen LogP contribution < -0.4 is 20.1 Å². The summed E-state index contributed by atoms with van der Waals surface area (Å²) < 4.78 is 59.8. The third-order valence-electron chi connectivity index (χ3n) is 7.38. The lowest BCUT2D eigenvalue weighted by Gasteiger charge is -2.33. The van der Waals surface area contributed by atoms with E-state index >= 15 is 0 Å². The molecule has 12 nitrogen and oxygen atoms in total. The van der Waals surface area contributed by atoms with Crippen LogP contribution >= 0.6 is 0 Å². The monoisotopic (exact) mass is 684 g/mol. The molecule has 1 unspecified atom stereocenters. The van der Waals surface area contributed by atoms with Crippen molar-refractivity contribution in [3.8, 4) is 28.6 Å². The first kappa shape index (κ1) is 36.4. The van der Waals surface area contributed by atoms with Crippen molar-refractivity contribution in [3.63, 3.8) is 0 Å². The summed E-state index contributed by atoms with van der Waals surface area (Å²) in [6.45, 7) is 1.15. The number of pyridine rings is 2. The molecule has 0 saturated heterocycles. The Labute approximate surface area is 279 Å². The summed E-state index contributed by atoms with van der Waals surface area (Å²) in [4.78, 5) is 33.9. The molecule has 0 spiro atoms. The Kier molecular flexibility index (Phi) is 11.3. The molecule has 260 valence electrons. The van der Waals surface area contributed by atoms with Crippen LogP contribution in [-0.2, 0) is 22.5 Å². The quantitative estimate of drug-likeness (QED) is 0.134. The standard InChI is InChI=1S/C34H35F3N4O8/c1-32(2,41-31(45)49-19-21-7-5-4-6-8-21)24-16-25(23-10-12-29(47-3)38-18-23)40-28(17-24)33(46,34(35,36)37)20-39-30(44)22-9-11-27(26(43)15-22)48-14-13-42/h4-12,15-18,42-43,46H,13-14,19-20H2,1-3H3,(H,39,44)(H,41,45). The first-order valence-electron chi connectivity index (χ1n) is 14.8. The smallest absolute Gasteiger partial charge is 0.424 e. The van der Waals surface area contributed by atoms with Gasteiger partial charge in [-0.25, -0.2) is 14.8 Å². The van der Waals surface area contributed by atoms with E-state index in [9.17, 15) is 33.0 Å². The van der Waals surface area contributed by atoms with Gasteiger partial charge in [0.2, 0.25) is 11.5 Å². The minimum absolute atomic E-state index is 0.0347. The summed E-state index contributed by atoms with van der Waals surface area (Å²) in [5.74, 6) is -1.36. The number of hydrogen-bond acceptors (Lipinski definition) is 10. The van der Waals surface area contributed by atoms with Gasteiger partial charge in [0.15, 0.2) is 11.5 Å². The Morgan fingerprint density at radius 2 is 1.71 bits per heavy atom. The number of amides is 2. The van der Waals surface area contributed by atoms with Crippen LogP contribution in [0.3, 0.4) is 0 Å². The van der Waals surface area contributed by atoms with Crippen LogP contribution in [0, 0.1) is 0 Å². The molecule has 15 heteroatoms. The number of aromatic nitrogens is 2. The number of carbonyl (C=O) groups is 2. The maximum atomic E-state index is 14.8. The second-order valence-electron chi connectivity index (χ2n) is 11.3. The number of carbonyl (C=O) groups excluding carboxylic acids is 2. The highest BCUT2D eigenvalue weighted by Crippen LogP contribution is 2.40. The normalized spacial score (nSPS) is 12.8. The summed E-state index contributed by atoms with van der Waals surface area (Å²) in [6.07, 6.45) is -4.90. The topological polar surface area (TPSA) is 172 Å². The number of aliphatic hydroxyl groups is 2. The third kappa shape index (κ3) is 8.94. The second kappa shape index (κ2) is 15.2. The summed E-state index contributed by atoms with van der Waals surface area (Å²) in [6, 6.07) is 17.6. The number of methoxy groups -OCH3 is 1. The molecule has 0 radical (unpaired) electrons. The van der Waals surface area contributed by atoms with Crippen LogP contribution in [0.1, 0.15) is 41.0 Å². The van der Waals surface area contributed by atoms with Crippen LogP contribution in [-0.4, -0.2) is 70.3 Å². The number of phenols is 1. The van der Waals surface area contributed by atoms with E-state index < -0.39 is 47.3 Å². The van der Waals surface area contributed by atoms with E-state index in [0.717, 1.165) is 17.7 Å². The Balaban J connectivity index is 1.69. The van der Waals surface area contributed by atoms with Crippen molar-refractivity contribution in [3.05, 3.63) is 101 Å². The van der Waals surface area contributed by atoms with Gasteiger partial charge in [-0.3, -0.25) is 4.79 Å². The molecule has 2 amide bonds. The van der Waals surface area contributed by atoms with Gasteiger partial charge in [-0.1, -0.05) is 30.3 Å². The van der Waals surface area contributed by atoms with Crippen molar-refractivity contribution in [1.29, 1.82) is 0 Å². The Hall–Kier alpha value is -5.41. The maximum absolute atomic E-state index is 14.8. The van der Waals surface area contributed by atoms with Gasteiger partial charge in [0, 0.05) is 23.4 Å². The molecule has 0 aliphatic carbocycles. The molecule has 1 atom stereocenters. The highest BCUT2D eigenvalue weighted by Gasteiger charge is 2.56. The third-order valence-corrected chi connectivity index (χ3v) is 7.38. The fraction of sp³-hybridized carbons (Fsp3) is 0.294. The molecule has 2 heterocycles. The fourth-order valence-corrected chi connectivity index (χ4v) is 4.57. The number of aliphatic hydroxyl groups excluding tert-OH is 1. The summed E-state index contributed by atoms with van der Waals surface area (Å²) in [5.41, 5.74) is -5.16. The number of aromatic hydroxyl groups is 1. The number of benzene rings is 2. The lowest BCUT2D eigenvalue weighted by molar-refractivity contribution is -0.265. The second-order valence-corrected chi connectivity index (χ2v) is 11.3. The minimum atomic E-state index is -5.36. The number of hydrogen-bond donors (Lipinski definition) is 5. The summed E-state index contributed by atoms with van der Waals surface area (Å²) in [7, 11) is 1.39. The zero-order chi connectivity index (χ0) is 35.8. The molecular weight excluding hydrogens is 649 g/mol. The number of alkyl carbamates (subject to hydrolysis) is 1. The van der Waals surface area contributed by atoms with Crippen LogP contribution in [0.5, 0.6) is 17.4 Å². The molecular formula is C34H35F3N4O8. The largest absolute Gasteiger partial charge is 0.504 e. The highest BCUT2D eigenvalue weighted by molar-refractivity contribution is 5.95. The molecule has 0 fully saturated rings. The molecule has 0 saturated carbocycles. The molecule has 49 heavy (non-hydrogen) atoms. The molecule has 2 aromatic heterocycles. The van der Waals surface area contributed by atoms with Gasteiger partial charge in [0.25, 0.3) is 5.91 Å². The summed E-state index contributed by atoms with van der Waals surface area (Å²) >= 11 is 0. The maximum Gasteiger partial charge on any atom is 0.424 e. The van der Waals surface area contributed by atoms with Gasteiger partial charge < -0.3 is 40.2 Å². The fourth-order valence-electron chi connectivity index (χ4n) is 4.57. The highest BCUT2D eigenvalue weighted by atomic mass is 19.4. The first-order chi connectivity index (χ1) is 23.2. The number of nitrogens with zero attached hydrogens (tertiary/aromatic N) is 2. The Bertz CT molecular complexity index is 1760. The lowest BCUT2D eigenvalue weighted by Crippen LogP contribution is -2.52. The van der Waals surface area contributed by atoms with E-state index in [0.29, 0.717) is 0 Å². The van der Waals surface area contributed by atoms with E-state index in [4.69, 9.17) is 19.3 Å². The van der Waals surface area contributed by atoms with Crippen molar-refractivity contribution in [1.82, 2.24) is 20.6 Å². The first-order valence-corrected chi connectivity index (χ1v) is 14.8. The van der Waals surface area contributed by atoms with Crippen LogP contribution in [0.4, 0.5) is 18.0 Å². The minimum Gasteiger partial charge on any atom is -0.504 e. The number of rotatable bonds is 13. The van der Waals surface area contributed by atoms with Crippen molar-refractivity contribution in [2.45, 2.75) is 37.8 Å².